The van der Waals surface area contributed by atoms with Crippen molar-refractivity contribution in [2.45, 2.75) is 12.5 Å². The van der Waals surface area contributed by atoms with Crippen molar-refractivity contribution in [3.63, 3.8) is 0 Å². The SMILES string of the molecule is NC(CCNc1ccccc1)c1ccccc1. The van der Waals surface area contributed by atoms with Crippen LogP contribution in [0.5, 0.6) is 0 Å². The van der Waals surface area contributed by atoms with E-state index in [-0.39, 0.29) is 6.04 Å². The van der Waals surface area contributed by atoms with E-state index < -0.39 is 0 Å². The van der Waals surface area contributed by atoms with E-state index in [1.165, 1.54) is 5.56 Å². The van der Waals surface area contributed by atoms with Crippen LogP contribution in [0.25, 0.3) is 0 Å². The third-order valence-corrected chi connectivity index (χ3v) is 2.79. The normalized spacial score (nSPS) is 12.1. The lowest BCUT2D eigenvalue weighted by atomic mass is 10.1. The second-order valence-corrected chi connectivity index (χ2v) is 4.10. The Morgan fingerprint density at radius 1 is 0.882 bits per heavy atom. The van der Waals surface area contributed by atoms with Gasteiger partial charge in [-0.25, -0.2) is 0 Å². The van der Waals surface area contributed by atoms with Crippen LogP contribution in [0.3, 0.4) is 0 Å². The molecule has 0 amide bonds. The summed E-state index contributed by atoms with van der Waals surface area (Å²) in [6, 6.07) is 20.5. The first-order chi connectivity index (χ1) is 8.36. The Morgan fingerprint density at radius 2 is 1.47 bits per heavy atom. The summed E-state index contributed by atoms with van der Waals surface area (Å²) >= 11 is 0. The first kappa shape index (κ1) is 11.7. The predicted octanol–water partition coefficient (Wildman–Crippen LogP) is 3.19. The highest BCUT2D eigenvalue weighted by molar-refractivity contribution is 5.42. The molecular weight excluding hydrogens is 208 g/mol. The number of rotatable bonds is 5. The number of nitrogens with two attached hydrogens (primary N) is 1. The van der Waals surface area contributed by atoms with Crippen LogP contribution in [0.1, 0.15) is 18.0 Å². The Hall–Kier alpha value is -1.80. The molecule has 2 nitrogen and oxygen atoms in total. The predicted molar refractivity (Wildman–Crippen MR) is 72.9 cm³/mol. The number of hydrogen-bond donors (Lipinski definition) is 2. The van der Waals surface area contributed by atoms with Crippen LogP contribution >= 0.6 is 0 Å². The summed E-state index contributed by atoms with van der Waals surface area (Å²) in [5.74, 6) is 0. The summed E-state index contributed by atoms with van der Waals surface area (Å²) in [6.45, 7) is 0.889. The van der Waals surface area contributed by atoms with Gasteiger partial charge in [-0.3, -0.25) is 0 Å². The molecule has 1 atom stereocenters. The van der Waals surface area contributed by atoms with E-state index in [1.54, 1.807) is 0 Å². The van der Waals surface area contributed by atoms with Crippen molar-refractivity contribution in [3.8, 4) is 0 Å². The average molecular weight is 226 g/mol. The summed E-state index contributed by atoms with van der Waals surface area (Å²) in [4.78, 5) is 0. The maximum absolute atomic E-state index is 6.12. The minimum atomic E-state index is 0.104. The van der Waals surface area contributed by atoms with Gasteiger partial charge in [0.1, 0.15) is 0 Å². The highest BCUT2D eigenvalue weighted by atomic mass is 14.9. The van der Waals surface area contributed by atoms with Gasteiger partial charge in [0.05, 0.1) is 0 Å². The van der Waals surface area contributed by atoms with E-state index in [0.29, 0.717) is 0 Å². The lowest BCUT2D eigenvalue weighted by Crippen LogP contribution is -2.15. The summed E-state index contributed by atoms with van der Waals surface area (Å²) in [5.41, 5.74) is 8.46. The summed E-state index contributed by atoms with van der Waals surface area (Å²) < 4.78 is 0. The Bertz CT molecular complexity index is 425. The maximum atomic E-state index is 6.12. The fourth-order valence-electron chi connectivity index (χ4n) is 1.79. The monoisotopic (exact) mass is 226 g/mol. The van der Waals surface area contributed by atoms with Crippen molar-refractivity contribution >= 4 is 5.69 Å². The van der Waals surface area contributed by atoms with E-state index in [9.17, 15) is 0 Å². The molecule has 2 aromatic rings. The topological polar surface area (TPSA) is 38.0 Å². The van der Waals surface area contributed by atoms with Crippen molar-refractivity contribution in [2.75, 3.05) is 11.9 Å². The van der Waals surface area contributed by atoms with Crippen molar-refractivity contribution in [3.05, 3.63) is 66.2 Å². The zero-order valence-electron chi connectivity index (χ0n) is 9.84. The van der Waals surface area contributed by atoms with Crippen molar-refractivity contribution in [1.29, 1.82) is 0 Å². The van der Waals surface area contributed by atoms with Gasteiger partial charge in [-0.2, -0.15) is 0 Å². The molecule has 2 aromatic carbocycles. The standard InChI is InChI=1S/C15H18N2/c16-15(13-7-3-1-4-8-13)11-12-17-14-9-5-2-6-10-14/h1-10,15,17H,11-12,16H2. The molecule has 0 heterocycles. The van der Waals surface area contributed by atoms with E-state index in [1.807, 2.05) is 36.4 Å². The molecule has 0 radical (unpaired) electrons. The minimum Gasteiger partial charge on any atom is -0.385 e. The van der Waals surface area contributed by atoms with Crippen LogP contribution in [0, 0.1) is 0 Å². The van der Waals surface area contributed by atoms with Gasteiger partial charge in [0.2, 0.25) is 0 Å². The molecule has 88 valence electrons. The quantitative estimate of drug-likeness (QED) is 0.821. The summed E-state index contributed by atoms with van der Waals surface area (Å²) in [6.07, 6.45) is 0.929. The van der Waals surface area contributed by atoms with Gasteiger partial charge in [0, 0.05) is 18.3 Å². The molecule has 0 spiro atoms. The zero-order valence-corrected chi connectivity index (χ0v) is 9.84. The maximum Gasteiger partial charge on any atom is 0.0340 e. The van der Waals surface area contributed by atoms with Crippen LogP contribution in [-0.4, -0.2) is 6.54 Å². The Kier molecular flexibility index (Phi) is 4.17. The van der Waals surface area contributed by atoms with Crippen LogP contribution < -0.4 is 11.1 Å². The molecule has 0 bridgehead atoms. The smallest absolute Gasteiger partial charge is 0.0340 e. The second kappa shape index (κ2) is 6.06. The number of hydrogen-bond acceptors (Lipinski definition) is 2. The molecule has 0 aliphatic rings. The minimum absolute atomic E-state index is 0.104. The largest absolute Gasteiger partial charge is 0.385 e. The van der Waals surface area contributed by atoms with Crippen molar-refractivity contribution < 1.29 is 0 Å². The van der Waals surface area contributed by atoms with Gasteiger partial charge in [-0.15, -0.1) is 0 Å². The van der Waals surface area contributed by atoms with Gasteiger partial charge >= 0.3 is 0 Å². The van der Waals surface area contributed by atoms with Crippen molar-refractivity contribution in [1.82, 2.24) is 0 Å². The molecule has 3 N–H and O–H groups in total. The fourth-order valence-corrected chi connectivity index (χ4v) is 1.79. The molecule has 0 aliphatic carbocycles. The van der Waals surface area contributed by atoms with Gasteiger partial charge in [0.15, 0.2) is 0 Å². The number of anilines is 1. The number of benzene rings is 2. The van der Waals surface area contributed by atoms with E-state index >= 15 is 0 Å². The van der Waals surface area contributed by atoms with Crippen LogP contribution in [0.15, 0.2) is 60.7 Å². The number of para-hydroxylation sites is 1. The lowest BCUT2D eigenvalue weighted by Gasteiger charge is -2.13. The molecule has 0 aromatic heterocycles. The summed E-state index contributed by atoms with van der Waals surface area (Å²) in [7, 11) is 0. The molecule has 2 rings (SSSR count). The van der Waals surface area contributed by atoms with Gasteiger partial charge in [0.25, 0.3) is 0 Å². The molecule has 0 aliphatic heterocycles. The van der Waals surface area contributed by atoms with E-state index in [2.05, 4.69) is 29.6 Å². The van der Waals surface area contributed by atoms with Crippen LogP contribution in [0.2, 0.25) is 0 Å². The Labute approximate surface area is 102 Å². The first-order valence-electron chi connectivity index (χ1n) is 5.96. The molecule has 17 heavy (non-hydrogen) atoms. The third kappa shape index (κ3) is 3.61. The van der Waals surface area contributed by atoms with Gasteiger partial charge in [-0.05, 0) is 24.1 Å². The third-order valence-electron chi connectivity index (χ3n) is 2.79. The van der Waals surface area contributed by atoms with Crippen molar-refractivity contribution in [2.24, 2.45) is 5.73 Å². The summed E-state index contributed by atoms with van der Waals surface area (Å²) in [5, 5.41) is 3.37. The molecule has 0 saturated heterocycles. The molecule has 0 fully saturated rings. The van der Waals surface area contributed by atoms with Crippen LogP contribution in [0.4, 0.5) is 5.69 Å². The Balaban J connectivity index is 1.79. The number of nitrogens with one attached hydrogen (secondary N) is 1. The second-order valence-electron chi connectivity index (χ2n) is 4.10. The molecule has 0 saturated carbocycles. The molecule has 1 unspecified atom stereocenters. The lowest BCUT2D eigenvalue weighted by molar-refractivity contribution is 0.675. The van der Waals surface area contributed by atoms with Crippen LogP contribution in [-0.2, 0) is 0 Å². The fraction of sp³-hybridized carbons (Fsp3) is 0.200. The van der Waals surface area contributed by atoms with E-state index in [4.69, 9.17) is 5.73 Å². The van der Waals surface area contributed by atoms with Gasteiger partial charge < -0.3 is 11.1 Å². The Morgan fingerprint density at radius 3 is 2.12 bits per heavy atom. The first-order valence-corrected chi connectivity index (χ1v) is 5.96. The highest BCUT2D eigenvalue weighted by Crippen LogP contribution is 2.13. The molecular formula is C15H18N2. The van der Waals surface area contributed by atoms with Gasteiger partial charge in [-0.1, -0.05) is 48.5 Å². The van der Waals surface area contributed by atoms with E-state index in [0.717, 1.165) is 18.7 Å². The highest BCUT2D eigenvalue weighted by Gasteiger charge is 2.04. The zero-order chi connectivity index (χ0) is 11.9. The average Bonchev–Trinajstić information content (AvgIpc) is 2.41. The molecule has 2 heteroatoms.